The normalized spacial score (nSPS) is 22.0. The molecule has 0 saturated carbocycles. The Morgan fingerprint density at radius 3 is 1.89 bits per heavy atom. The van der Waals surface area contributed by atoms with E-state index in [4.69, 9.17) is 20.8 Å². The smallest absolute Gasteiger partial charge is 0.427 e. The van der Waals surface area contributed by atoms with Crippen molar-refractivity contribution < 1.29 is 31.5 Å². The van der Waals surface area contributed by atoms with E-state index in [2.05, 4.69) is 67.5 Å². The fourth-order valence-electron chi connectivity index (χ4n) is 3.81. The van der Waals surface area contributed by atoms with Gasteiger partial charge in [-0.15, -0.1) is 6.08 Å². The summed E-state index contributed by atoms with van der Waals surface area (Å²) in [6, 6.07) is 0. The molecule has 3 radical (unpaired) electrons. The summed E-state index contributed by atoms with van der Waals surface area (Å²) in [4.78, 5) is 0. The van der Waals surface area contributed by atoms with E-state index in [-0.39, 0.29) is 24.7 Å². The zero-order valence-corrected chi connectivity index (χ0v) is 22.0. The SMILES string of the molecule is [B][CH-]C(=C=CC)[C@@H]1[CH-]CO[Si](C(C)C)(C(C)C)O[Si](C(C)C)(C(C)C)O1.[V+2]. The van der Waals surface area contributed by atoms with Crippen LogP contribution in [-0.4, -0.2) is 37.7 Å². The molecule has 1 heterocycles. The predicted molar refractivity (Wildman–Crippen MR) is 115 cm³/mol. The monoisotopic (exact) mass is 443 g/mol. The van der Waals surface area contributed by atoms with Crippen LogP contribution in [0.1, 0.15) is 62.3 Å². The maximum absolute atomic E-state index is 7.12. The molecule has 0 spiro atoms. The van der Waals surface area contributed by atoms with E-state index in [1.165, 1.54) is 0 Å². The van der Waals surface area contributed by atoms with Crippen LogP contribution in [0.4, 0.5) is 0 Å². The second-order valence-corrected chi connectivity index (χ2v) is 17.1. The summed E-state index contributed by atoms with van der Waals surface area (Å²) < 4.78 is 20.5. The van der Waals surface area contributed by atoms with Gasteiger partial charge in [-0.05, 0) is 30.0 Å². The van der Waals surface area contributed by atoms with Crippen LogP contribution in [0.3, 0.4) is 0 Å². The molecule has 0 unspecified atom stereocenters. The summed E-state index contributed by atoms with van der Waals surface area (Å²) in [6.07, 6.45) is 5.29. The average molecular weight is 443 g/mol. The zero-order chi connectivity index (χ0) is 20.1. The fourth-order valence-corrected chi connectivity index (χ4v) is 14.9. The maximum Gasteiger partial charge on any atom is 2.00 e. The molecule has 1 fully saturated rings. The molecular formula is C20H37BO3Si2V. The molecule has 3 nitrogen and oxygen atoms in total. The minimum Gasteiger partial charge on any atom is -0.427 e. The molecule has 1 aliphatic heterocycles. The van der Waals surface area contributed by atoms with Gasteiger partial charge in [0.15, 0.2) is 0 Å². The molecule has 1 aliphatic rings. The molecule has 0 amide bonds. The van der Waals surface area contributed by atoms with Gasteiger partial charge in [0, 0.05) is 0 Å². The van der Waals surface area contributed by atoms with Crippen LogP contribution in [0.2, 0.25) is 22.2 Å². The molecule has 0 aromatic heterocycles. The second-order valence-electron chi connectivity index (χ2n) is 8.30. The van der Waals surface area contributed by atoms with Crippen LogP contribution in [-0.2, 0) is 31.5 Å². The van der Waals surface area contributed by atoms with E-state index in [9.17, 15) is 0 Å². The summed E-state index contributed by atoms with van der Waals surface area (Å²) in [5, 5.41) is 0. The van der Waals surface area contributed by atoms with Crippen molar-refractivity contribution in [1.82, 2.24) is 0 Å². The zero-order valence-electron chi connectivity index (χ0n) is 18.6. The molecule has 1 rings (SSSR count). The summed E-state index contributed by atoms with van der Waals surface area (Å²) in [7, 11) is 0.824. The van der Waals surface area contributed by atoms with Gasteiger partial charge in [0.1, 0.15) is 0 Å². The maximum atomic E-state index is 7.12. The minimum atomic E-state index is -2.60. The summed E-state index contributed by atoms with van der Waals surface area (Å²) >= 11 is 0. The number of rotatable bonds is 6. The molecular weight excluding hydrogens is 406 g/mol. The first-order valence-electron chi connectivity index (χ1n) is 9.88. The molecule has 1 atom stereocenters. The van der Waals surface area contributed by atoms with Gasteiger partial charge in [-0.2, -0.15) is 5.57 Å². The van der Waals surface area contributed by atoms with Crippen LogP contribution < -0.4 is 0 Å². The van der Waals surface area contributed by atoms with Gasteiger partial charge in [-0.25, -0.2) is 0 Å². The largest absolute Gasteiger partial charge is 2.00 e. The topological polar surface area (TPSA) is 27.7 Å². The van der Waals surface area contributed by atoms with Crippen LogP contribution >= 0.6 is 0 Å². The van der Waals surface area contributed by atoms with E-state index in [1.54, 1.807) is 6.32 Å². The minimum absolute atomic E-state index is 0. The van der Waals surface area contributed by atoms with E-state index < -0.39 is 17.1 Å². The molecule has 0 aliphatic carbocycles. The second kappa shape index (κ2) is 11.5. The van der Waals surface area contributed by atoms with E-state index in [0.717, 1.165) is 5.57 Å². The Hall–Kier alpha value is 0.353. The van der Waals surface area contributed by atoms with Gasteiger partial charge in [-0.1, -0.05) is 75.0 Å². The van der Waals surface area contributed by atoms with Gasteiger partial charge in [0.2, 0.25) is 0 Å². The summed E-state index contributed by atoms with van der Waals surface area (Å²) in [5.41, 5.74) is 5.35. The Kier molecular flexibility index (Phi) is 11.7. The van der Waals surface area contributed by atoms with Gasteiger partial charge >= 0.3 is 35.7 Å². The first-order valence-corrected chi connectivity index (χ1v) is 13.8. The Labute approximate surface area is 183 Å². The van der Waals surface area contributed by atoms with Crippen LogP contribution in [0.15, 0.2) is 17.4 Å². The third kappa shape index (κ3) is 5.93. The Bertz CT molecular complexity index is 501. The molecule has 1 saturated heterocycles. The van der Waals surface area contributed by atoms with E-state index >= 15 is 0 Å². The number of hydrogen-bond acceptors (Lipinski definition) is 3. The third-order valence-electron chi connectivity index (χ3n) is 5.27. The van der Waals surface area contributed by atoms with Gasteiger partial charge in [0.25, 0.3) is 0 Å². The molecule has 0 bridgehead atoms. The average Bonchev–Trinajstić information content (AvgIpc) is 2.52. The van der Waals surface area contributed by atoms with Crippen molar-refractivity contribution in [3.05, 3.63) is 30.1 Å². The standard InChI is InChI=1S/C20H37BO3Si2.V/c1-10-11-19(14-21)20-12-13-22-25(15(2)3,16(4)5)24-26(23-20,17(6)7)18(8)9;/h10,12,14-18,20H,13H2,1-9H3;/q-2;+2/t11?,20-;/m0./s1. The van der Waals surface area contributed by atoms with Crippen molar-refractivity contribution in [3.8, 4) is 0 Å². The Morgan fingerprint density at radius 2 is 1.52 bits per heavy atom. The van der Waals surface area contributed by atoms with Crippen molar-refractivity contribution in [2.24, 2.45) is 0 Å². The molecule has 27 heavy (non-hydrogen) atoms. The van der Waals surface area contributed by atoms with Gasteiger partial charge < -0.3 is 18.7 Å². The summed E-state index contributed by atoms with van der Waals surface area (Å²) in [5.74, 6) is 0. The molecule has 0 aromatic rings. The van der Waals surface area contributed by atoms with Crippen molar-refractivity contribution in [2.45, 2.75) is 90.6 Å². The van der Waals surface area contributed by atoms with Crippen LogP contribution in [0, 0.1) is 12.7 Å². The molecule has 0 aromatic carbocycles. The summed E-state index contributed by atoms with van der Waals surface area (Å²) in [6.45, 7) is 20.2. The quantitative estimate of drug-likeness (QED) is 0.305. The Balaban J connectivity index is 0.00000676. The fraction of sp³-hybridized carbons (Fsp3) is 0.750. The molecule has 151 valence electrons. The van der Waals surface area contributed by atoms with Crippen LogP contribution in [0.25, 0.3) is 0 Å². The van der Waals surface area contributed by atoms with Crippen molar-refractivity contribution in [3.63, 3.8) is 0 Å². The first-order chi connectivity index (χ1) is 12.1. The predicted octanol–water partition coefficient (Wildman–Crippen LogP) is 5.58. The number of hydrogen-bond donors (Lipinski definition) is 0. The van der Waals surface area contributed by atoms with Crippen molar-refractivity contribution in [1.29, 1.82) is 0 Å². The molecule has 0 N–H and O–H groups in total. The van der Waals surface area contributed by atoms with Gasteiger partial charge in [-0.3, -0.25) is 12.7 Å². The van der Waals surface area contributed by atoms with E-state index in [1.807, 2.05) is 13.0 Å². The van der Waals surface area contributed by atoms with E-state index in [0.29, 0.717) is 28.8 Å². The molecule has 7 heteroatoms. The Morgan fingerprint density at radius 1 is 1.04 bits per heavy atom. The van der Waals surface area contributed by atoms with Crippen molar-refractivity contribution in [2.75, 3.05) is 6.61 Å². The van der Waals surface area contributed by atoms with Crippen molar-refractivity contribution >= 4 is 25.0 Å². The van der Waals surface area contributed by atoms with Crippen LogP contribution in [0.5, 0.6) is 0 Å². The third-order valence-corrected chi connectivity index (χ3v) is 15.5. The first kappa shape index (κ1) is 27.4. The van der Waals surface area contributed by atoms with Gasteiger partial charge in [0.05, 0.1) is 0 Å².